The molecule has 20 atom stereocenters. The molecule has 0 fully saturated rings. The van der Waals surface area contributed by atoms with Gasteiger partial charge in [0, 0.05) is 39.5 Å². The number of allylic oxidation sites excluding steroid dienone is 6. The highest BCUT2D eigenvalue weighted by molar-refractivity contribution is 14.1. The predicted molar refractivity (Wildman–Crippen MR) is 320 cm³/mol. The van der Waals surface area contributed by atoms with Gasteiger partial charge >= 0.3 is 23.9 Å². The summed E-state index contributed by atoms with van der Waals surface area (Å²) in [6, 6.07) is 0. The van der Waals surface area contributed by atoms with E-state index in [0.29, 0.717) is 19.3 Å². The molecule has 0 spiro atoms. The number of aliphatic hydroxyl groups is 8. The maximum absolute atomic E-state index is 12.6. The number of esters is 4. The Hall–Kier alpha value is -2.54. The first-order chi connectivity index (χ1) is 36.2. The van der Waals surface area contributed by atoms with E-state index in [9.17, 15) is 60.0 Å². The van der Waals surface area contributed by atoms with Crippen LogP contribution in [0.2, 0.25) is 0 Å². The average Bonchev–Trinajstić information content (AvgIpc) is 3.35. The summed E-state index contributed by atoms with van der Waals surface area (Å²) in [5, 5.41) is 84.0. The van der Waals surface area contributed by atoms with Crippen LogP contribution in [0.25, 0.3) is 0 Å². The van der Waals surface area contributed by atoms with Gasteiger partial charge in [0.15, 0.2) is 0 Å². The summed E-state index contributed by atoms with van der Waals surface area (Å²) in [5.41, 5.74) is -1.27. The molecule has 0 bridgehead atoms. The van der Waals surface area contributed by atoms with Crippen LogP contribution in [-0.2, 0) is 38.1 Å². The fourth-order valence-corrected chi connectivity index (χ4v) is 11.5. The normalized spacial score (nSPS) is 32.2. The minimum absolute atomic E-state index is 0.0168. The molecule has 78 heavy (non-hydrogen) atoms. The van der Waals surface area contributed by atoms with Crippen LogP contribution in [0.15, 0.2) is 71.9 Å². The number of ether oxygens (including phenoxy) is 4. The molecule has 8 N–H and O–H groups in total. The van der Waals surface area contributed by atoms with Crippen molar-refractivity contribution in [3.05, 3.63) is 71.9 Å². The van der Waals surface area contributed by atoms with Gasteiger partial charge in [-0.1, -0.05) is 149 Å². The van der Waals surface area contributed by atoms with Crippen LogP contribution >= 0.6 is 45.2 Å². The highest BCUT2D eigenvalue weighted by Gasteiger charge is 2.37. The van der Waals surface area contributed by atoms with Crippen molar-refractivity contribution in [1.82, 2.24) is 0 Å². The van der Waals surface area contributed by atoms with Crippen molar-refractivity contribution in [2.45, 2.75) is 241 Å². The summed E-state index contributed by atoms with van der Waals surface area (Å²) in [4.78, 5) is 48.5. The summed E-state index contributed by atoms with van der Waals surface area (Å²) in [6.45, 7) is 24.8. The number of carbonyl (C=O) groups is 4. The van der Waals surface area contributed by atoms with Crippen molar-refractivity contribution in [1.29, 1.82) is 0 Å². The smallest absolute Gasteiger partial charge is 0.309 e. The molecular weight excluding hydrogens is 1230 g/mol. The van der Waals surface area contributed by atoms with Crippen LogP contribution in [0.5, 0.6) is 0 Å². The van der Waals surface area contributed by atoms with Crippen molar-refractivity contribution in [3.63, 3.8) is 0 Å². The summed E-state index contributed by atoms with van der Waals surface area (Å²) in [6.07, 6.45) is 13.7. The van der Waals surface area contributed by atoms with Crippen LogP contribution in [0.4, 0.5) is 0 Å². The zero-order valence-corrected chi connectivity index (χ0v) is 53.2. The third kappa shape index (κ3) is 27.0. The highest BCUT2D eigenvalue weighted by atomic mass is 127. The molecule has 2 aliphatic rings. The second kappa shape index (κ2) is 36.1. The number of rotatable bonds is 20. The van der Waals surface area contributed by atoms with Gasteiger partial charge in [-0.25, -0.2) is 0 Å². The monoisotopic (exact) mass is 1330 g/mol. The molecule has 0 saturated heterocycles. The van der Waals surface area contributed by atoms with Gasteiger partial charge in [-0.3, -0.25) is 19.2 Å². The number of aliphatic hydroxyl groups excluding tert-OH is 6. The van der Waals surface area contributed by atoms with Crippen LogP contribution in [-0.4, -0.2) is 145 Å². The van der Waals surface area contributed by atoms with E-state index in [2.05, 4.69) is 52.1 Å². The molecule has 16 nitrogen and oxygen atoms in total. The van der Waals surface area contributed by atoms with Gasteiger partial charge in [0.05, 0.1) is 49.5 Å². The van der Waals surface area contributed by atoms with E-state index < -0.39 is 96.1 Å². The molecule has 0 amide bonds. The van der Waals surface area contributed by atoms with Crippen LogP contribution in [0.3, 0.4) is 0 Å². The number of hydrogen-bond donors (Lipinski definition) is 8. The molecule has 0 radical (unpaired) electrons. The Labute approximate surface area is 493 Å². The Bertz CT molecular complexity index is 1870. The van der Waals surface area contributed by atoms with Crippen molar-refractivity contribution in [2.75, 3.05) is 0 Å². The summed E-state index contributed by atoms with van der Waals surface area (Å²) >= 11 is 4.46. The summed E-state index contributed by atoms with van der Waals surface area (Å²) in [5.74, 6) is -2.72. The van der Waals surface area contributed by atoms with Gasteiger partial charge in [0.25, 0.3) is 0 Å². The number of alkyl halides is 2. The largest absolute Gasteiger partial charge is 0.457 e. The first-order valence-electron chi connectivity index (χ1n) is 27.8. The van der Waals surface area contributed by atoms with Crippen molar-refractivity contribution >= 4 is 69.1 Å². The second-order valence-electron chi connectivity index (χ2n) is 22.6. The molecular formula is C60H98I2O16. The standard InChI is InChI=1S/2C30H49IO8/c1-8-25(34)21(5)28(36)24(31)16-18(2)10-9-11-19(3)29-20(4)12-13-26(38-22(6)32)30(7,37)15-14-23(33)17-27(35)39-29;1-8-24(34)21(5)28(31)25(35)16-18(2)10-9-11-19(3)29-20(4)12-13-26(38-22(6)32)30(7,37)15-14-23(33)17-27(36)39-29/h9-13,18,20-21,23-26,28-29,33-34,36-37H,8,14-17H2,1-7H3;9-13,18,20-21,23-26,28-29,33-35,37H,8,14-17H2,1-7H3/b2*10-9+,13-12+,19-11+. The Morgan fingerprint density at radius 1 is 0.654 bits per heavy atom. The fourth-order valence-electron chi connectivity index (χ4n) is 9.27. The number of carbonyl (C=O) groups excluding carboxylic acids is 4. The van der Waals surface area contributed by atoms with Gasteiger partial charge in [-0.05, 0) is 120 Å². The van der Waals surface area contributed by atoms with E-state index in [1.807, 2.05) is 98.8 Å². The zero-order chi connectivity index (χ0) is 59.8. The SMILES string of the molecule is CCC(O)C(C)C(I)C(O)CC(C)/C=C/C=C(\C)C1OC(=O)CC(O)CCC(C)(O)C(OC(C)=O)/C=C/C1C.CCC(O)C(C)C(O)C(I)CC(C)/C=C/C=C(\C)C1OC(=O)CC(O)CCC(C)(O)C(OC(C)=O)/C=C/C1C. The minimum atomic E-state index is -1.42. The molecule has 20 unspecified atom stereocenters. The van der Waals surface area contributed by atoms with Crippen molar-refractivity contribution in [2.24, 2.45) is 35.5 Å². The lowest BCUT2D eigenvalue weighted by Gasteiger charge is -2.32. The topological polar surface area (TPSA) is 267 Å². The predicted octanol–water partition coefficient (Wildman–Crippen LogP) is 8.84. The van der Waals surface area contributed by atoms with Crippen molar-refractivity contribution < 1.29 is 79.0 Å². The lowest BCUT2D eigenvalue weighted by molar-refractivity contribution is -0.158. The Morgan fingerprint density at radius 2 is 1.03 bits per heavy atom. The van der Waals surface area contributed by atoms with E-state index in [1.165, 1.54) is 13.8 Å². The molecule has 2 rings (SSSR count). The Kier molecular flexibility index (Phi) is 34.0. The minimum Gasteiger partial charge on any atom is -0.457 e. The van der Waals surface area contributed by atoms with E-state index in [0.717, 1.165) is 17.6 Å². The van der Waals surface area contributed by atoms with Gasteiger partial charge in [0.2, 0.25) is 0 Å². The molecule has 2 aliphatic heterocycles. The maximum Gasteiger partial charge on any atom is 0.309 e. The van der Waals surface area contributed by atoms with Gasteiger partial charge < -0.3 is 59.8 Å². The highest BCUT2D eigenvalue weighted by Crippen LogP contribution is 2.31. The van der Waals surface area contributed by atoms with Gasteiger partial charge in [0.1, 0.15) is 35.6 Å². The lowest BCUT2D eigenvalue weighted by atomic mass is 9.88. The van der Waals surface area contributed by atoms with Crippen LogP contribution in [0, 0.1) is 35.5 Å². The van der Waals surface area contributed by atoms with Gasteiger partial charge in [-0.15, -0.1) is 0 Å². The second-order valence-corrected chi connectivity index (χ2v) is 25.6. The fraction of sp³-hybridized carbons (Fsp3) is 0.733. The third-order valence-electron chi connectivity index (χ3n) is 14.8. The molecule has 0 aromatic carbocycles. The van der Waals surface area contributed by atoms with E-state index in [-0.39, 0.29) is 81.9 Å². The van der Waals surface area contributed by atoms with Crippen LogP contribution < -0.4 is 0 Å². The van der Waals surface area contributed by atoms with E-state index >= 15 is 0 Å². The molecule has 448 valence electrons. The summed E-state index contributed by atoms with van der Waals surface area (Å²) < 4.78 is 22.2. The number of hydrogen-bond acceptors (Lipinski definition) is 16. The quantitative estimate of drug-likeness (QED) is 0.0141. The average molecular weight is 1330 g/mol. The Morgan fingerprint density at radius 3 is 1.40 bits per heavy atom. The maximum atomic E-state index is 12.6. The first-order valence-corrected chi connectivity index (χ1v) is 30.3. The zero-order valence-electron chi connectivity index (χ0n) is 48.8. The number of halogens is 2. The molecule has 18 heteroatoms. The Balaban J connectivity index is 0.000000780. The molecule has 2 heterocycles. The van der Waals surface area contributed by atoms with E-state index in [1.54, 1.807) is 38.2 Å². The third-order valence-corrected chi connectivity index (χ3v) is 18.0. The molecule has 0 saturated carbocycles. The van der Waals surface area contributed by atoms with Gasteiger partial charge in [-0.2, -0.15) is 0 Å². The number of cyclic esters (lactones) is 2. The lowest BCUT2D eigenvalue weighted by Crippen LogP contribution is -2.42. The molecule has 0 aliphatic carbocycles. The van der Waals surface area contributed by atoms with Crippen LogP contribution in [0.1, 0.15) is 161 Å². The summed E-state index contributed by atoms with van der Waals surface area (Å²) in [7, 11) is 0. The van der Waals surface area contributed by atoms with E-state index in [4.69, 9.17) is 18.9 Å². The molecule has 0 aromatic rings. The first kappa shape index (κ1) is 73.5. The molecule has 0 aromatic heterocycles. The van der Waals surface area contributed by atoms with Crippen molar-refractivity contribution in [3.8, 4) is 0 Å².